The Morgan fingerprint density at radius 2 is 2.35 bits per heavy atom. The van der Waals surface area contributed by atoms with E-state index in [4.69, 9.17) is 0 Å². The first-order chi connectivity index (χ1) is 8.10. The summed E-state index contributed by atoms with van der Waals surface area (Å²) in [6.07, 6.45) is -2.43. The van der Waals surface area contributed by atoms with Crippen LogP contribution in [0.2, 0.25) is 0 Å². The molecule has 0 aliphatic rings. The topological polar surface area (TPSA) is 68.3 Å². The molecule has 0 atom stereocenters. The van der Waals surface area contributed by atoms with Crippen LogP contribution in [0, 0.1) is 0 Å². The molecule has 5 nitrogen and oxygen atoms in total. The van der Waals surface area contributed by atoms with Gasteiger partial charge in [0.25, 0.3) is 6.43 Å². The Morgan fingerprint density at radius 1 is 1.65 bits per heavy atom. The number of hydrogen-bond acceptors (Lipinski definition) is 5. The van der Waals surface area contributed by atoms with E-state index in [0.29, 0.717) is 6.41 Å². The van der Waals surface area contributed by atoms with E-state index in [1.165, 1.54) is 0 Å². The van der Waals surface area contributed by atoms with Crippen molar-refractivity contribution in [1.82, 2.24) is 10.3 Å². The summed E-state index contributed by atoms with van der Waals surface area (Å²) in [6.45, 7) is 1.68. The molecular weight excluding hydrogens is 254 g/mol. The minimum atomic E-state index is -2.85. The quantitative estimate of drug-likeness (QED) is 0.624. The molecule has 1 N–H and O–H groups in total. The molecule has 0 fully saturated rings. The molecular formula is C9H10F2N2O3S. The first-order valence-corrected chi connectivity index (χ1v) is 5.53. The third kappa shape index (κ3) is 3.45. The lowest BCUT2D eigenvalue weighted by atomic mass is 10.4. The number of nitrogens with one attached hydrogen (secondary N) is 1. The van der Waals surface area contributed by atoms with Gasteiger partial charge in [0.15, 0.2) is 0 Å². The van der Waals surface area contributed by atoms with Crippen molar-refractivity contribution < 1.29 is 23.1 Å². The van der Waals surface area contributed by atoms with E-state index in [0.717, 1.165) is 11.3 Å². The van der Waals surface area contributed by atoms with E-state index in [2.05, 4.69) is 15.0 Å². The highest BCUT2D eigenvalue weighted by Crippen LogP contribution is 2.28. The zero-order valence-corrected chi connectivity index (χ0v) is 9.72. The van der Waals surface area contributed by atoms with Crippen LogP contribution in [0.1, 0.15) is 33.7 Å². The number of ether oxygens (including phenoxy) is 1. The highest BCUT2D eigenvalue weighted by atomic mass is 32.1. The number of thiazole rings is 1. The van der Waals surface area contributed by atoms with E-state index < -0.39 is 18.1 Å². The molecule has 0 aromatic carbocycles. The SMILES string of the molecule is CCOC(=O)c1sc(CNC=O)nc1C(F)F. The van der Waals surface area contributed by atoms with Gasteiger partial charge in [-0.15, -0.1) is 11.3 Å². The molecule has 0 aliphatic carbocycles. The molecule has 1 aromatic heterocycles. The Kier molecular flexibility index (Phi) is 4.95. The molecule has 0 aliphatic heterocycles. The van der Waals surface area contributed by atoms with Crippen molar-refractivity contribution in [2.45, 2.75) is 19.9 Å². The van der Waals surface area contributed by atoms with Crippen molar-refractivity contribution in [2.75, 3.05) is 6.61 Å². The second-order valence-corrected chi connectivity index (χ2v) is 3.93. The van der Waals surface area contributed by atoms with Gasteiger partial charge < -0.3 is 10.1 Å². The van der Waals surface area contributed by atoms with Crippen molar-refractivity contribution in [1.29, 1.82) is 0 Å². The van der Waals surface area contributed by atoms with Gasteiger partial charge in [0.05, 0.1) is 13.2 Å². The highest BCUT2D eigenvalue weighted by Gasteiger charge is 2.25. The van der Waals surface area contributed by atoms with Gasteiger partial charge in [0, 0.05) is 0 Å². The maximum absolute atomic E-state index is 12.6. The standard InChI is InChI=1S/C9H10F2N2O3S/c1-2-16-9(15)7-6(8(10)11)13-5(17-7)3-12-4-14/h4,8H,2-3H2,1H3,(H,12,14). The third-order valence-corrected chi connectivity index (χ3v) is 2.75. The molecule has 1 amide bonds. The second kappa shape index (κ2) is 6.24. The Bertz CT molecular complexity index is 409. The Hall–Kier alpha value is -1.57. The van der Waals surface area contributed by atoms with Crippen LogP contribution in [-0.4, -0.2) is 24.0 Å². The largest absolute Gasteiger partial charge is 0.462 e. The number of nitrogens with zero attached hydrogens (tertiary/aromatic N) is 1. The lowest BCUT2D eigenvalue weighted by Crippen LogP contribution is -2.09. The van der Waals surface area contributed by atoms with E-state index in [1.807, 2.05) is 0 Å². The van der Waals surface area contributed by atoms with E-state index in [-0.39, 0.29) is 23.0 Å². The summed E-state index contributed by atoms with van der Waals surface area (Å²) in [7, 11) is 0. The lowest BCUT2D eigenvalue weighted by molar-refractivity contribution is -0.109. The normalized spacial score (nSPS) is 10.4. The number of halogens is 2. The number of hydrogen-bond donors (Lipinski definition) is 1. The summed E-state index contributed by atoms with van der Waals surface area (Å²) >= 11 is 0.789. The van der Waals surface area contributed by atoms with Crippen LogP contribution >= 0.6 is 11.3 Å². The molecule has 0 unspecified atom stereocenters. The van der Waals surface area contributed by atoms with Crippen molar-refractivity contribution in [3.05, 3.63) is 15.6 Å². The lowest BCUT2D eigenvalue weighted by Gasteiger charge is -2.00. The van der Waals surface area contributed by atoms with Crippen LogP contribution < -0.4 is 5.32 Å². The van der Waals surface area contributed by atoms with Crippen LogP contribution in [0.5, 0.6) is 0 Å². The molecule has 1 aromatic rings. The van der Waals surface area contributed by atoms with Gasteiger partial charge in [0.2, 0.25) is 6.41 Å². The monoisotopic (exact) mass is 264 g/mol. The van der Waals surface area contributed by atoms with Crippen molar-refractivity contribution in [3.8, 4) is 0 Å². The summed E-state index contributed by atoms with van der Waals surface area (Å²) in [5.74, 6) is -0.822. The van der Waals surface area contributed by atoms with E-state index in [1.54, 1.807) is 6.92 Å². The number of carbonyl (C=O) groups excluding carboxylic acids is 2. The highest BCUT2D eigenvalue weighted by molar-refractivity contribution is 7.13. The fourth-order valence-corrected chi connectivity index (χ4v) is 1.99. The number of carbonyl (C=O) groups is 2. The fourth-order valence-electron chi connectivity index (χ4n) is 1.07. The van der Waals surface area contributed by atoms with Crippen LogP contribution in [0.4, 0.5) is 8.78 Å². The molecule has 1 rings (SSSR count). The number of alkyl halides is 2. The zero-order chi connectivity index (χ0) is 12.8. The average molecular weight is 264 g/mol. The smallest absolute Gasteiger partial charge is 0.350 e. The Balaban J connectivity index is 2.96. The first-order valence-electron chi connectivity index (χ1n) is 4.72. The Labute approximate surface area is 99.8 Å². The summed E-state index contributed by atoms with van der Waals surface area (Å²) in [5.41, 5.74) is -0.601. The van der Waals surface area contributed by atoms with Gasteiger partial charge in [-0.05, 0) is 6.92 Å². The number of esters is 1. The van der Waals surface area contributed by atoms with E-state index >= 15 is 0 Å². The summed E-state index contributed by atoms with van der Waals surface area (Å²) in [4.78, 5) is 24.8. The predicted octanol–water partition coefficient (Wildman–Crippen LogP) is 1.50. The maximum Gasteiger partial charge on any atom is 0.350 e. The van der Waals surface area contributed by atoms with Gasteiger partial charge in [-0.2, -0.15) is 0 Å². The zero-order valence-electron chi connectivity index (χ0n) is 8.91. The molecule has 8 heteroatoms. The van der Waals surface area contributed by atoms with Gasteiger partial charge >= 0.3 is 5.97 Å². The van der Waals surface area contributed by atoms with Crippen molar-refractivity contribution in [3.63, 3.8) is 0 Å². The van der Waals surface area contributed by atoms with Gasteiger partial charge in [-0.1, -0.05) is 0 Å². The van der Waals surface area contributed by atoms with Crippen LogP contribution in [0.25, 0.3) is 0 Å². The molecule has 94 valence electrons. The molecule has 0 saturated carbocycles. The molecule has 0 spiro atoms. The fraction of sp³-hybridized carbons (Fsp3) is 0.444. The summed E-state index contributed by atoms with van der Waals surface area (Å²) in [6, 6.07) is 0. The van der Waals surface area contributed by atoms with Gasteiger partial charge in [-0.25, -0.2) is 18.6 Å². The van der Waals surface area contributed by atoms with Gasteiger partial charge in [-0.3, -0.25) is 4.79 Å². The molecule has 17 heavy (non-hydrogen) atoms. The minimum absolute atomic E-state index is 0.00723. The average Bonchev–Trinajstić information content (AvgIpc) is 2.71. The minimum Gasteiger partial charge on any atom is -0.462 e. The molecule has 0 radical (unpaired) electrons. The van der Waals surface area contributed by atoms with E-state index in [9.17, 15) is 18.4 Å². The third-order valence-electron chi connectivity index (χ3n) is 1.70. The number of aromatic nitrogens is 1. The molecule has 0 saturated heterocycles. The number of amides is 1. The van der Waals surface area contributed by atoms with Crippen LogP contribution in [0.3, 0.4) is 0 Å². The maximum atomic E-state index is 12.6. The number of rotatable bonds is 6. The molecule has 0 bridgehead atoms. The van der Waals surface area contributed by atoms with Gasteiger partial charge in [0.1, 0.15) is 15.6 Å². The van der Waals surface area contributed by atoms with Crippen LogP contribution in [0.15, 0.2) is 0 Å². The first kappa shape index (κ1) is 13.5. The van der Waals surface area contributed by atoms with Crippen molar-refractivity contribution in [2.24, 2.45) is 0 Å². The van der Waals surface area contributed by atoms with Crippen LogP contribution in [-0.2, 0) is 16.1 Å². The summed E-state index contributed by atoms with van der Waals surface area (Å²) in [5, 5.41) is 2.52. The van der Waals surface area contributed by atoms with Crippen molar-refractivity contribution >= 4 is 23.7 Å². The Morgan fingerprint density at radius 3 is 2.88 bits per heavy atom. The predicted molar refractivity (Wildman–Crippen MR) is 55.9 cm³/mol. The second-order valence-electron chi connectivity index (χ2n) is 2.84. The molecule has 1 heterocycles. The summed E-state index contributed by atoms with van der Waals surface area (Å²) < 4.78 is 29.9.